The Labute approximate surface area is 114 Å². The highest BCUT2D eigenvalue weighted by atomic mass is 16.5. The number of carbonyl (C=O) groups is 1. The van der Waals surface area contributed by atoms with Crippen LogP contribution in [0.25, 0.3) is 0 Å². The fourth-order valence-corrected chi connectivity index (χ4v) is 3.52. The molecule has 1 atom stereocenters. The van der Waals surface area contributed by atoms with E-state index in [1.54, 1.807) is 0 Å². The van der Waals surface area contributed by atoms with E-state index in [1.807, 2.05) is 4.90 Å². The van der Waals surface area contributed by atoms with Crippen molar-refractivity contribution in [1.82, 2.24) is 9.80 Å². The van der Waals surface area contributed by atoms with Crippen molar-refractivity contribution in [2.45, 2.75) is 31.8 Å². The smallest absolute Gasteiger partial charge is 0.236 e. The van der Waals surface area contributed by atoms with E-state index in [2.05, 4.69) is 4.90 Å². The van der Waals surface area contributed by atoms with Crippen molar-refractivity contribution in [3.63, 3.8) is 0 Å². The fraction of sp³-hybridized carbons (Fsp3) is 0.929. The van der Waals surface area contributed by atoms with Gasteiger partial charge in [-0.05, 0) is 31.1 Å². The number of amides is 1. The molecular weight excluding hydrogens is 244 g/mol. The number of ether oxygens (including phenoxy) is 1. The maximum atomic E-state index is 12.2. The van der Waals surface area contributed by atoms with Crippen LogP contribution in [-0.2, 0) is 9.53 Å². The molecule has 2 heterocycles. The molecule has 0 aromatic heterocycles. The number of piperidine rings is 1. The average molecular weight is 268 g/mol. The normalized spacial score (nSPS) is 31.2. The van der Waals surface area contributed by atoms with Gasteiger partial charge in [-0.1, -0.05) is 0 Å². The number of carbonyl (C=O) groups excluding carboxylic acids is 1. The minimum Gasteiger partial charge on any atom is -0.393 e. The van der Waals surface area contributed by atoms with E-state index in [-0.39, 0.29) is 17.4 Å². The summed E-state index contributed by atoms with van der Waals surface area (Å²) < 4.78 is 5.29. The van der Waals surface area contributed by atoms with Crippen LogP contribution in [0.15, 0.2) is 0 Å². The first-order chi connectivity index (χ1) is 9.20. The first-order valence-corrected chi connectivity index (χ1v) is 7.46. The maximum Gasteiger partial charge on any atom is 0.236 e. The second kappa shape index (κ2) is 5.38. The highest BCUT2D eigenvalue weighted by Gasteiger charge is 2.47. The van der Waals surface area contributed by atoms with Crippen molar-refractivity contribution in [2.75, 3.05) is 45.9 Å². The Morgan fingerprint density at radius 2 is 1.84 bits per heavy atom. The summed E-state index contributed by atoms with van der Waals surface area (Å²) in [6.07, 6.45) is 3.91. The molecule has 0 radical (unpaired) electrons. The maximum absolute atomic E-state index is 12.2. The lowest BCUT2D eigenvalue weighted by atomic mass is 9.61. The van der Waals surface area contributed by atoms with Crippen LogP contribution < -0.4 is 0 Å². The third-order valence-electron chi connectivity index (χ3n) is 5.20. The Kier molecular flexibility index (Phi) is 3.78. The van der Waals surface area contributed by atoms with Crippen LogP contribution in [0.1, 0.15) is 25.7 Å². The second-order valence-corrected chi connectivity index (χ2v) is 6.19. The number of rotatable bonds is 2. The molecule has 0 bridgehead atoms. The molecule has 19 heavy (non-hydrogen) atoms. The van der Waals surface area contributed by atoms with E-state index < -0.39 is 0 Å². The van der Waals surface area contributed by atoms with Crippen LogP contribution in [0.2, 0.25) is 0 Å². The van der Waals surface area contributed by atoms with Gasteiger partial charge < -0.3 is 14.7 Å². The Balaban J connectivity index is 1.46. The van der Waals surface area contributed by atoms with Gasteiger partial charge in [0.2, 0.25) is 5.91 Å². The van der Waals surface area contributed by atoms with Crippen molar-refractivity contribution in [3.8, 4) is 0 Å². The number of nitrogens with zero attached hydrogens (tertiary/aromatic N) is 2. The molecule has 1 spiro atoms. The standard InChI is InChI=1S/C14H24N2O3/c17-12-1-2-14(12)3-5-16(6-4-14)13(18)11-15-7-9-19-10-8-15/h12,17H,1-11H2. The molecule has 3 aliphatic rings. The highest BCUT2D eigenvalue weighted by Crippen LogP contribution is 2.48. The van der Waals surface area contributed by atoms with Crippen molar-refractivity contribution >= 4 is 5.91 Å². The highest BCUT2D eigenvalue weighted by molar-refractivity contribution is 5.78. The van der Waals surface area contributed by atoms with Crippen LogP contribution in [0.4, 0.5) is 0 Å². The lowest BCUT2D eigenvalue weighted by molar-refractivity contribution is -0.143. The zero-order valence-electron chi connectivity index (χ0n) is 11.5. The molecule has 1 amide bonds. The van der Waals surface area contributed by atoms with Crippen molar-refractivity contribution in [1.29, 1.82) is 0 Å². The predicted molar refractivity (Wildman–Crippen MR) is 70.7 cm³/mol. The van der Waals surface area contributed by atoms with Crippen molar-refractivity contribution in [3.05, 3.63) is 0 Å². The molecule has 5 nitrogen and oxygen atoms in total. The van der Waals surface area contributed by atoms with E-state index in [1.165, 1.54) is 0 Å². The first kappa shape index (κ1) is 13.3. The van der Waals surface area contributed by atoms with Crippen LogP contribution in [0.3, 0.4) is 0 Å². The molecule has 108 valence electrons. The van der Waals surface area contributed by atoms with E-state index in [4.69, 9.17) is 4.74 Å². The Morgan fingerprint density at radius 3 is 2.37 bits per heavy atom. The first-order valence-electron chi connectivity index (χ1n) is 7.46. The Bertz CT molecular complexity index is 334. The SMILES string of the molecule is O=C(CN1CCOCC1)N1CCC2(CCC2O)CC1. The van der Waals surface area contributed by atoms with E-state index in [9.17, 15) is 9.90 Å². The monoisotopic (exact) mass is 268 g/mol. The van der Waals surface area contributed by atoms with E-state index in [0.29, 0.717) is 6.54 Å². The summed E-state index contributed by atoms with van der Waals surface area (Å²) in [4.78, 5) is 16.4. The van der Waals surface area contributed by atoms with Crippen LogP contribution >= 0.6 is 0 Å². The summed E-state index contributed by atoms with van der Waals surface area (Å²) in [6, 6.07) is 0. The lowest BCUT2D eigenvalue weighted by Gasteiger charge is -2.51. The molecule has 2 saturated heterocycles. The van der Waals surface area contributed by atoms with Gasteiger partial charge in [0.25, 0.3) is 0 Å². The van der Waals surface area contributed by atoms with Gasteiger partial charge in [0.1, 0.15) is 0 Å². The fourth-order valence-electron chi connectivity index (χ4n) is 3.52. The zero-order chi connectivity index (χ0) is 13.3. The number of likely N-dealkylation sites (tertiary alicyclic amines) is 1. The van der Waals surface area contributed by atoms with Gasteiger partial charge in [-0.25, -0.2) is 0 Å². The third kappa shape index (κ3) is 2.64. The molecule has 3 fully saturated rings. The summed E-state index contributed by atoms with van der Waals surface area (Å²) in [6.45, 7) is 5.37. The number of aliphatic hydroxyl groups excluding tert-OH is 1. The number of aliphatic hydroxyl groups is 1. The summed E-state index contributed by atoms with van der Waals surface area (Å²) in [5, 5.41) is 9.88. The number of hydrogen-bond acceptors (Lipinski definition) is 4. The van der Waals surface area contributed by atoms with Crippen LogP contribution in [0.5, 0.6) is 0 Å². The summed E-state index contributed by atoms with van der Waals surface area (Å²) in [5.41, 5.74) is 0.149. The van der Waals surface area contributed by atoms with Gasteiger partial charge in [-0.3, -0.25) is 9.69 Å². The average Bonchev–Trinajstić information content (AvgIpc) is 2.47. The third-order valence-corrected chi connectivity index (χ3v) is 5.20. The molecule has 0 aromatic rings. The summed E-state index contributed by atoms with van der Waals surface area (Å²) >= 11 is 0. The van der Waals surface area contributed by atoms with Gasteiger partial charge in [0.15, 0.2) is 0 Å². The molecule has 0 aromatic carbocycles. The molecular formula is C14H24N2O3. The minimum absolute atomic E-state index is 0.121. The topological polar surface area (TPSA) is 53.0 Å². The van der Waals surface area contributed by atoms with Crippen LogP contribution in [0, 0.1) is 5.41 Å². The second-order valence-electron chi connectivity index (χ2n) is 6.19. The van der Waals surface area contributed by atoms with Crippen molar-refractivity contribution in [2.24, 2.45) is 5.41 Å². The number of hydrogen-bond donors (Lipinski definition) is 1. The summed E-state index contributed by atoms with van der Waals surface area (Å²) in [7, 11) is 0. The molecule has 1 aliphatic carbocycles. The van der Waals surface area contributed by atoms with Gasteiger partial charge in [0.05, 0.1) is 25.9 Å². The number of morpholine rings is 1. The van der Waals surface area contributed by atoms with Gasteiger partial charge in [-0.2, -0.15) is 0 Å². The van der Waals surface area contributed by atoms with Crippen LogP contribution in [-0.4, -0.2) is 72.9 Å². The molecule has 1 unspecified atom stereocenters. The molecule has 3 rings (SSSR count). The van der Waals surface area contributed by atoms with Gasteiger partial charge in [0, 0.05) is 26.2 Å². The zero-order valence-corrected chi connectivity index (χ0v) is 11.5. The van der Waals surface area contributed by atoms with E-state index >= 15 is 0 Å². The Morgan fingerprint density at radius 1 is 1.16 bits per heavy atom. The Hall–Kier alpha value is -0.650. The quantitative estimate of drug-likeness (QED) is 0.771. The molecule has 1 saturated carbocycles. The largest absolute Gasteiger partial charge is 0.393 e. The minimum atomic E-state index is -0.121. The molecule has 2 aliphatic heterocycles. The predicted octanol–water partition coefficient (Wildman–Crippen LogP) is 0.0821. The van der Waals surface area contributed by atoms with Crippen molar-refractivity contribution < 1.29 is 14.6 Å². The van der Waals surface area contributed by atoms with Gasteiger partial charge in [-0.15, -0.1) is 0 Å². The lowest BCUT2D eigenvalue weighted by Crippen LogP contribution is -2.54. The van der Waals surface area contributed by atoms with E-state index in [0.717, 1.165) is 65.1 Å². The molecule has 5 heteroatoms. The van der Waals surface area contributed by atoms with Gasteiger partial charge >= 0.3 is 0 Å². The summed E-state index contributed by atoms with van der Waals surface area (Å²) in [5.74, 6) is 0.241. The molecule has 1 N–H and O–H groups in total.